The zero-order valence-electron chi connectivity index (χ0n) is 11.5. The Morgan fingerprint density at radius 2 is 2.09 bits per heavy atom. The molecule has 0 aliphatic carbocycles. The average Bonchev–Trinajstić information content (AvgIpc) is 2.98. The van der Waals surface area contributed by atoms with Crippen molar-refractivity contribution < 1.29 is 4.42 Å². The van der Waals surface area contributed by atoms with Crippen molar-refractivity contribution in [3.63, 3.8) is 0 Å². The van der Waals surface area contributed by atoms with Crippen LogP contribution in [0.3, 0.4) is 0 Å². The quantitative estimate of drug-likeness (QED) is 0.791. The van der Waals surface area contributed by atoms with E-state index in [2.05, 4.69) is 15.3 Å². The molecule has 3 rings (SSSR count). The Balaban J connectivity index is 1.84. The largest absolute Gasteiger partial charge is 0.419 e. The second-order valence-corrected chi connectivity index (χ2v) is 4.90. The molecule has 6 heteroatoms. The lowest BCUT2D eigenvalue weighted by Gasteiger charge is -2.05. The molecule has 2 aromatic heterocycles. The molecule has 2 heterocycles. The highest BCUT2D eigenvalue weighted by atomic mass is 35.5. The van der Waals surface area contributed by atoms with Gasteiger partial charge in [-0.1, -0.05) is 29.8 Å². The summed E-state index contributed by atoms with van der Waals surface area (Å²) < 4.78 is 5.63. The summed E-state index contributed by atoms with van der Waals surface area (Å²) in [5, 5.41) is 12.9. The Kier molecular flexibility index (Phi) is 4.03. The van der Waals surface area contributed by atoms with E-state index >= 15 is 0 Å². The van der Waals surface area contributed by atoms with Crippen molar-refractivity contribution in [2.75, 3.05) is 5.32 Å². The molecule has 0 saturated heterocycles. The van der Waals surface area contributed by atoms with E-state index in [4.69, 9.17) is 16.0 Å². The Bertz CT molecular complexity index is 824. The SMILES string of the molecule is N#Cc1nc(-c2cccnc2)oc1NCc1ccccc1Cl. The first kappa shape index (κ1) is 14.1. The number of nitriles is 1. The topological polar surface area (TPSA) is 74.7 Å². The molecule has 0 saturated carbocycles. The summed E-state index contributed by atoms with van der Waals surface area (Å²) in [6, 6.07) is 13.1. The van der Waals surface area contributed by atoms with Gasteiger partial charge in [-0.05, 0) is 23.8 Å². The maximum Gasteiger partial charge on any atom is 0.232 e. The molecule has 1 N–H and O–H groups in total. The van der Waals surface area contributed by atoms with E-state index in [1.807, 2.05) is 36.4 Å². The van der Waals surface area contributed by atoms with Crippen LogP contribution in [0.25, 0.3) is 11.5 Å². The summed E-state index contributed by atoms with van der Waals surface area (Å²) in [5.41, 5.74) is 1.82. The van der Waals surface area contributed by atoms with Crippen LogP contribution in [0.1, 0.15) is 11.3 Å². The standard InChI is InChI=1S/C16H11ClN4O/c17-13-6-2-1-4-11(13)10-20-16-14(8-18)21-15(22-16)12-5-3-7-19-9-12/h1-7,9,20H,10H2. The van der Waals surface area contributed by atoms with Crippen molar-refractivity contribution in [1.29, 1.82) is 5.26 Å². The molecule has 22 heavy (non-hydrogen) atoms. The molecular weight excluding hydrogens is 300 g/mol. The number of nitrogens with zero attached hydrogens (tertiary/aromatic N) is 3. The first-order chi connectivity index (χ1) is 10.8. The summed E-state index contributed by atoms with van der Waals surface area (Å²) in [6.07, 6.45) is 3.29. The lowest BCUT2D eigenvalue weighted by Crippen LogP contribution is -2.00. The van der Waals surface area contributed by atoms with E-state index in [0.717, 1.165) is 5.56 Å². The van der Waals surface area contributed by atoms with Crippen molar-refractivity contribution in [2.24, 2.45) is 0 Å². The number of anilines is 1. The number of nitrogens with one attached hydrogen (secondary N) is 1. The van der Waals surface area contributed by atoms with Gasteiger partial charge in [0.15, 0.2) is 0 Å². The molecule has 5 nitrogen and oxygen atoms in total. The number of hydrogen-bond acceptors (Lipinski definition) is 5. The van der Waals surface area contributed by atoms with E-state index < -0.39 is 0 Å². The fourth-order valence-corrected chi connectivity index (χ4v) is 2.15. The Morgan fingerprint density at radius 1 is 1.23 bits per heavy atom. The van der Waals surface area contributed by atoms with Crippen LogP contribution in [0.4, 0.5) is 5.88 Å². The molecule has 0 spiro atoms. The minimum Gasteiger partial charge on any atom is -0.419 e. The predicted molar refractivity (Wildman–Crippen MR) is 83.2 cm³/mol. The summed E-state index contributed by atoms with van der Waals surface area (Å²) in [5.74, 6) is 0.674. The van der Waals surface area contributed by atoms with Gasteiger partial charge in [-0.3, -0.25) is 4.98 Å². The predicted octanol–water partition coefficient (Wildman–Crippen LogP) is 3.87. The molecule has 3 aromatic rings. The van der Waals surface area contributed by atoms with Crippen LogP contribution in [0.2, 0.25) is 5.02 Å². The Labute approximate surface area is 132 Å². The van der Waals surface area contributed by atoms with Gasteiger partial charge >= 0.3 is 0 Å². The van der Waals surface area contributed by atoms with Crippen molar-refractivity contribution in [3.8, 4) is 17.5 Å². The highest BCUT2D eigenvalue weighted by Crippen LogP contribution is 2.25. The van der Waals surface area contributed by atoms with E-state index in [1.54, 1.807) is 18.5 Å². The van der Waals surface area contributed by atoms with Crippen LogP contribution in [0.15, 0.2) is 53.2 Å². The van der Waals surface area contributed by atoms with Gasteiger partial charge in [0.2, 0.25) is 17.5 Å². The second-order valence-electron chi connectivity index (χ2n) is 4.50. The van der Waals surface area contributed by atoms with E-state index in [9.17, 15) is 5.26 Å². The minimum atomic E-state index is 0.200. The number of rotatable bonds is 4. The van der Waals surface area contributed by atoms with Gasteiger partial charge in [-0.15, -0.1) is 0 Å². The third kappa shape index (κ3) is 2.92. The summed E-state index contributed by atoms with van der Waals surface area (Å²) in [6.45, 7) is 0.441. The maximum absolute atomic E-state index is 9.18. The fraction of sp³-hybridized carbons (Fsp3) is 0.0625. The smallest absolute Gasteiger partial charge is 0.232 e. The molecule has 1 aromatic carbocycles. The van der Waals surface area contributed by atoms with Crippen LogP contribution in [-0.2, 0) is 6.54 Å². The number of aromatic nitrogens is 2. The lowest BCUT2D eigenvalue weighted by atomic mass is 10.2. The minimum absolute atomic E-state index is 0.200. The molecule has 0 amide bonds. The monoisotopic (exact) mass is 310 g/mol. The van der Waals surface area contributed by atoms with Crippen molar-refractivity contribution >= 4 is 17.5 Å². The summed E-state index contributed by atoms with van der Waals surface area (Å²) in [4.78, 5) is 8.18. The van der Waals surface area contributed by atoms with Gasteiger partial charge in [0.05, 0.1) is 5.56 Å². The molecule has 0 aliphatic rings. The molecular formula is C16H11ClN4O. The second kappa shape index (κ2) is 6.29. The molecule has 0 aliphatic heterocycles. The van der Waals surface area contributed by atoms with Gasteiger partial charge in [-0.2, -0.15) is 10.2 Å². The van der Waals surface area contributed by atoms with Gasteiger partial charge in [0.1, 0.15) is 6.07 Å². The van der Waals surface area contributed by atoms with Crippen LogP contribution < -0.4 is 5.32 Å². The van der Waals surface area contributed by atoms with Crippen LogP contribution >= 0.6 is 11.6 Å². The number of oxazole rings is 1. The summed E-state index contributed by atoms with van der Waals surface area (Å²) in [7, 11) is 0. The first-order valence-electron chi connectivity index (χ1n) is 6.56. The highest BCUT2D eigenvalue weighted by molar-refractivity contribution is 6.31. The number of halogens is 1. The molecule has 108 valence electrons. The number of hydrogen-bond donors (Lipinski definition) is 1. The van der Waals surface area contributed by atoms with Crippen molar-refractivity contribution in [2.45, 2.75) is 6.54 Å². The van der Waals surface area contributed by atoms with E-state index in [1.165, 1.54) is 0 Å². The number of pyridine rings is 1. The molecule has 0 fully saturated rings. The van der Waals surface area contributed by atoms with Gasteiger partial charge in [0.25, 0.3) is 0 Å². The normalized spacial score (nSPS) is 10.2. The van der Waals surface area contributed by atoms with Gasteiger partial charge < -0.3 is 9.73 Å². The van der Waals surface area contributed by atoms with Crippen molar-refractivity contribution in [1.82, 2.24) is 9.97 Å². The third-order valence-corrected chi connectivity index (χ3v) is 3.41. The molecule has 0 bridgehead atoms. The highest BCUT2D eigenvalue weighted by Gasteiger charge is 2.14. The van der Waals surface area contributed by atoms with Crippen LogP contribution in [0, 0.1) is 11.3 Å². The van der Waals surface area contributed by atoms with Crippen LogP contribution in [0.5, 0.6) is 0 Å². The zero-order chi connectivity index (χ0) is 15.4. The van der Waals surface area contributed by atoms with E-state index in [-0.39, 0.29) is 5.69 Å². The Hall–Kier alpha value is -2.84. The first-order valence-corrected chi connectivity index (χ1v) is 6.94. The van der Waals surface area contributed by atoms with E-state index in [0.29, 0.717) is 28.9 Å². The summed E-state index contributed by atoms with van der Waals surface area (Å²) >= 11 is 6.11. The van der Waals surface area contributed by atoms with Gasteiger partial charge in [0, 0.05) is 24.0 Å². The van der Waals surface area contributed by atoms with Crippen molar-refractivity contribution in [3.05, 3.63) is 65.1 Å². The maximum atomic E-state index is 9.18. The average molecular weight is 311 g/mol. The Morgan fingerprint density at radius 3 is 2.82 bits per heavy atom. The third-order valence-electron chi connectivity index (χ3n) is 3.04. The molecule has 0 unspecified atom stereocenters. The molecule has 0 radical (unpaired) electrons. The number of benzene rings is 1. The van der Waals surface area contributed by atoms with Crippen LogP contribution in [-0.4, -0.2) is 9.97 Å². The lowest BCUT2D eigenvalue weighted by molar-refractivity contribution is 0.584. The zero-order valence-corrected chi connectivity index (χ0v) is 12.2. The fourth-order valence-electron chi connectivity index (χ4n) is 1.95. The molecule has 0 atom stereocenters. The van der Waals surface area contributed by atoms with Gasteiger partial charge in [-0.25, -0.2) is 0 Å².